The van der Waals surface area contributed by atoms with Crippen molar-refractivity contribution in [2.24, 2.45) is 5.73 Å². The van der Waals surface area contributed by atoms with Crippen LogP contribution in [0.15, 0.2) is 22.7 Å². The van der Waals surface area contributed by atoms with Crippen LogP contribution >= 0.6 is 15.9 Å². The van der Waals surface area contributed by atoms with Crippen LogP contribution in [0.5, 0.6) is 0 Å². The first kappa shape index (κ1) is 12.1. The number of ether oxygens (including phenoxy) is 1. The Hall–Kier alpha value is -0.940. The quantitative estimate of drug-likeness (QED) is 0.840. The molecule has 0 aliphatic heterocycles. The second kappa shape index (κ2) is 4.28. The first-order valence-corrected chi connectivity index (χ1v) is 5.01. The molecular weight excluding hydrogens is 265 g/mol. The van der Waals surface area contributed by atoms with Gasteiger partial charge in [-0.05, 0) is 25.1 Å². The molecule has 0 saturated heterocycles. The van der Waals surface area contributed by atoms with Gasteiger partial charge < -0.3 is 10.5 Å². The van der Waals surface area contributed by atoms with Crippen molar-refractivity contribution in [1.29, 1.82) is 0 Å². The summed E-state index contributed by atoms with van der Waals surface area (Å²) in [5.74, 6) is -1.21. The number of nitrogens with two attached hydrogens (primary N) is 1. The van der Waals surface area contributed by atoms with Crippen molar-refractivity contribution in [3.8, 4) is 0 Å². The van der Waals surface area contributed by atoms with E-state index in [0.29, 0.717) is 4.47 Å². The Balaban J connectivity index is 3.25. The SMILES string of the molecule is COC(=O)[C@@](C)(N)c1cc(Br)ccc1F. The third-order valence-corrected chi connectivity index (χ3v) is 2.59. The van der Waals surface area contributed by atoms with Crippen molar-refractivity contribution in [3.63, 3.8) is 0 Å². The lowest BCUT2D eigenvalue weighted by molar-refractivity contribution is -0.146. The van der Waals surface area contributed by atoms with Gasteiger partial charge in [-0.1, -0.05) is 15.9 Å². The van der Waals surface area contributed by atoms with Crippen molar-refractivity contribution in [3.05, 3.63) is 34.1 Å². The van der Waals surface area contributed by atoms with E-state index in [1.807, 2.05) is 0 Å². The third kappa shape index (κ3) is 2.35. The molecular formula is C10H11BrFNO2. The van der Waals surface area contributed by atoms with Gasteiger partial charge in [-0.3, -0.25) is 0 Å². The number of methoxy groups -OCH3 is 1. The van der Waals surface area contributed by atoms with Gasteiger partial charge in [0.15, 0.2) is 0 Å². The van der Waals surface area contributed by atoms with Gasteiger partial charge in [0.05, 0.1) is 7.11 Å². The highest BCUT2D eigenvalue weighted by Gasteiger charge is 2.34. The Labute approximate surface area is 95.5 Å². The van der Waals surface area contributed by atoms with Crippen LogP contribution < -0.4 is 5.73 Å². The summed E-state index contributed by atoms with van der Waals surface area (Å²) in [6, 6.07) is 4.24. The van der Waals surface area contributed by atoms with Crippen molar-refractivity contribution < 1.29 is 13.9 Å². The van der Waals surface area contributed by atoms with Crippen LogP contribution in [0.25, 0.3) is 0 Å². The number of hydrogen-bond donors (Lipinski definition) is 1. The molecule has 0 fully saturated rings. The van der Waals surface area contributed by atoms with Gasteiger partial charge in [-0.25, -0.2) is 9.18 Å². The summed E-state index contributed by atoms with van der Waals surface area (Å²) >= 11 is 3.19. The van der Waals surface area contributed by atoms with Gasteiger partial charge >= 0.3 is 5.97 Å². The van der Waals surface area contributed by atoms with Gasteiger partial charge in [0.1, 0.15) is 11.4 Å². The maximum atomic E-state index is 13.5. The van der Waals surface area contributed by atoms with Gasteiger partial charge in [-0.2, -0.15) is 0 Å². The van der Waals surface area contributed by atoms with Crippen molar-refractivity contribution in [2.45, 2.75) is 12.5 Å². The number of benzene rings is 1. The maximum absolute atomic E-state index is 13.5. The lowest BCUT2D eigenvalue weighted by Gasteiger charge is -2.22. The molecule has 0 amide bonds. The Morgan fingerprint density at radius 1 is 1.60 bits per heavy atom. The molecule has 0 saturated carbocycles. The largest absolute Gasteiger partial charge is 0.467 e. The molecule has 0 bridgehead atoms. The maximum Gasteiger partial charge on any atom is 0.330 e. The summed E-state index contributed by atoms with van der Waals surface area (Å²) in [5.41, 5.74) is 4.34. The second-order valence-electron chi connectivity index (χ2n) is 3.32. The molecule has 0 aliphatic rings. The topological polar surface area (TPSA) is 52.3 Å². The highest BCUT2D eigenvalue weighted by Crippen LogP contribution is 2.25. The monoisotopic (exact) mass is 275 g/mol. The minimum Gasteiger partial charge on any atom is -0.467 e. The number of esters is 1. The summed E-state index contributed by atoms with van der Waals surface area (Å²) in [5, 5.41) is 0. The normalized spacial score (nSPS) is 14.5. The van der Waals surface area contributed by atoms with Crippen LogP contribution in [0.1, 0.15) is 12.5 Å². The van der Waals surface area contributed by atoms with Gasteiger partial charge in [-0.15, -0.1) is 0 Å². The minimum absolute atomic E-state index is 0.101. The van der Waals surface area contributed by atoms with Crippen LogP contribution in [-0.4, -0.2) is 13.1 Å². The summed E-state index contributed by atoms with van der Waals surface area (Å²) in [6.45, 7) is 1.41. The molecule has 1 aromatic carbocycles. The highest BCUT2D eigenvalue weighted by molar-refractivity contribution is 9.10. The van der Waals surface area contributed by atoms with Gasteiger partial charge in [0.25, 0.3) is 0 Å². The summed E-state index contributed by atoms with van der Waals surface area (Å²) in [6.07, 6.45) is 0. The van der Waals surface area contributed by atoms with Gasteiger partial charge in [0.2, 0.25) is 0 Å². The Morgan fingerprint density at radius 3 is 2.73 bits per heavy atom. The highest BCUT2D eigenvalue weighted by atomic mass is 79.9. The van der Waals surface area contributed by atoms with Crippen molar-refractivity contribution in [2.75, 3.05) is 7.11 Å². The average Bonchev–Trinajstić information content (AvgIpc) is 2.20. The molecule has 0 radical (unpaired) electrons. The smallest absolute Gasteiger partial charge is 0.330 e. The molecule has 2 N–H and O–H groups in total. The van der Waals surface area contributed by atoms with Crippen molar-refractivity contribution in [1.82, 2.24) is 0 Å². The van der Waals surface area contributed by atoms with Crippen LogP contribution in [0.2, 0.25) is 0 Å². The summed E-state index contributed by atoms with van der Waals surface area (Å²) < 4.78 is 18.6. The molecule has 3 nitrogen and oxygen atoms in total. The Kier molecular flexibility index (Phi) is 3.46. The zero-order valence-electron chi connectivity index (χ0n) is 8.38. The summed E-state index contributed by atoms with van der Waals surface area (Å²) in [7, 11) is 1.21. The molecule has 0 unspecified atom stereocenters. The van der Waals surface area contributed by atoms with E-state index >= 15 is 0 Å². The fraction of sp³-hybridized carbons (Fsp3) is 0.300. The Morgan fingerprint density at radius 2 is 2.20 bits per heavy atom. The minimum atomic E-state index is -1.48. The number of halogens is 2. The zero-order valence-corrected chi connectivity index (χ0v) is 9.97. The first-order chi connectivity index (χ1) is 6.89. The fourth-order valence-corrected chi connectivity index (χ4v) is 1.58. The van der Waals surface area contributed by atoms with E-state index < -0.39 is 17.3 Å². The molecule has 15 heavy (non-hydrogen) atoms. The van der Waals surface area contributed by atoms with Crippen LogP contribution in [-0.2, 0) is 15.1 Å². The van der Waals surface area contributed by atoms with Crippen LogP contribution in [0, 0.1) is 5.82 Å². The van der Waals surface area contributed by atoms with Gasteiger partial charge in [0, 0.05) is 10.0 Å². The second-order valence-corrected chi connectivity index (χ2v) is 4.23. The van der Waals surface area contributed by atoms with E-state index in [0.717, 1.165) is 0 Å². The molecule has 0 aliphatic carbocycles. The number of hydrogen-bond acceptors (Lipinski definition) is 3. The number of carbonyl (C=O) groups is 1. The lowest BCUT2D eigenvalue weighted by atomic mass is 9.93. The van der Waals surface area contributed by atoms with E-state index in [1.165, 1.54) is 32.2 Å². The number of rotatable bonds is 2. The van der Waals surface area contributed by atoms with Crippen molar-refractivity contribution >= 4 is 21.9 Å². The molecule has 0 spiro atoms. The predicted octanol–water partition coefficient (Wildman–Crippen LogP) is 1.94. The Bertz CT molecular complexity index is 393. The van der Waals surface area contributed by atoms with E-state index in [1.54, 1.807) is 0 Å². The van der Waals surface area contributed by atoms with Crippen LogP contribution in [0.3, 0.4) is 0 Å². The molecule has 1 rings (SSSR count). The molecule has 1 aromatic rings. The lowest BCUT2D eigenvalue weighted by Crippen LogP contribution is -2.43. The van der Waals surface area contributed by atoms with E-state index in [-0.39, 0.29) is 5.56 Å². The predicted molar refractivity (Wildman–Crippen MR) is 57.7 cm³/mol. The third-order valence-electron chi connectivity index (χ3n) is 2.10. The molecule has 1 atom stereocenters. The fourth-order valence-electron chi connectivity index (χ4n) is 1.22. The molecule has 0 heterocycles. The van der Waals surface area contributed by atoms with E-state index in [9.17, 15) is 9.18 Å². The zero-order chi connectivity index (χ0) is 11.6. The molecule has 5 heteroatoms. The van der Waals surface area contributed by atoms with E-state index in [4.69, 9.17) is 5.73 Å². The van der Waals surface area contributed by atoms with E-state index in [2.05, 4.69) is 20.7 Å². The molecule has 82 valence electrons. The standard InChI is InChI=1S/C10H11BrFNO2/c1-10(13,9(14)15-2)7-5-6(11)3-4-8(7)12/h3-5H,13H2,1-2H3/t10-/m0/s1. The number of carbonyl (C=O) groups excluding carboxylic acids is 1. The van der Waals surface area contributed by atoms with Crippen LogP contribution in [0.4, 0.5) is 4.39 Å². The average molecular weight is 276 g/mol. The molecule has 0 aromatic heterocycles. The summed E-state index contributed by atoms with van der Waals surface area (Å²) in [4.78, 5) is 11.4. The first-order valence-electron chi connectivity index (χ1n) is 4.22.